The molecule has 0 saturated carbocycles. The fourth-order valence-electron chi connectivity index (χ4n) is 1.99. The minimum absolute atomic E-state index is 0.115. The quantitative estimate of drug-likeness (QED) is 0.771. The molecule has 0 unspecified atom stereocenters. The number of benzene rings is 1. The normalized spacial score (nSPS) is 11.1. The van der Waals surface area contributed by atoms with E-state index in [0.29, 0.717) is 18.3 Å². The molecular weight excluding hydrogens is 240 g/mol. The van der Waals surface area contributed by atoms with E-state index in [4.69, 9.17) is 15.2 Å². The predicted molar refractivity (Wildman–Crippen MR) is 81.0 cm³/mol. The fraction of sp³-hybridized carbons (Fsp3) is 0.600. The van der Waals surface area contributed by atoms with Crippen molar-refractivity contribution in [3.05, 3.63) is 18.2 Å². The van der Waals surface area contributed by atoms with Gasteiger partial charge in [0, 0.05) is 19.7 Å². The number of para-hydroxylation sites is 1. The number of anilines is 2. The van der Waals surface area contributed by atoms with E-state index in [1.807, 2.05) is 32.0 Å². The molecule has 0 aliphatic heterocycles. The molecule has 0 fully saturated rings. The second-order valence-corrected chi connectivity index (χ2v) is 5.14. The van der Waals surface area contributed by atoms with Crippen LogP contribution in [0, 0.1) is 0 Å². The predicted octanol–water partition coefficient (Wildman–Crippen LogP) is 2.92. The monoisotopic (exact) mass is 266 g/mol. The molecule has 1 aromatic rings. The van der Waals surface area contributed by atoms with Crippen molar-refractivity contribution in [3.8, 4) is 5.75 Å². The molecule has 108 valence electrons. The maximum absolute atomic E-state index is 6.23. The van der Waals surface area contributed by atoms with Crippen LogP contribution in [0.1, 0.15) is 27.7 Å². The smallest absolute Gasteiger partial charge is 0.144 e. The third kappa shape index (κ3) is 4.31. The summed E-state index contributed by atoms with van der Waals surface area (Å²) < 4.78 is 10.9. The van der Waals surface area contributed by atoms with E-state index in [0.717, 1.165) is 18.0 Å². The van der Waals surface area contributed by atoms with Crippen LogP contribution in [0.15, 0.2) is 18.2 Å². The van der Waals surface area contributed by atoms with Gasteiger partial charge in [-0.1, -0.05) is 6.07 Å². The molecule has 0 bridgehead atoms. The highest BCUT2D eigenvalue weighted by Gasteiger charge is 2.16. The highest BCUT2D eigenvalue weighted by atomic mass is 16.5. The van der Waals surface area contributed by atoms with Gasteiger partial charge >= 0.3 is 0 Å². The van der Waals surface area contributed by atoms with Gasteiger partial charge in [0.05, 0.1) is 24.1 Å². The Bertz CT molecular complexity index is 392. The lowest BCUT2D eigenvalue weighted by molar-refractivity contribution is 0.204. The number of hydrogen-bond acceptors (Lipinski definition) is 4. The summed E-state index contributed by atoms with van der Waals surface area (Å²) in [7, 11) is 1.71. The van der Waals surface area contributed by atoms with Crippen LogP contribution >= 0.6 is 0 Å². The molecule has 19 heavy (non-hydrogen) atoms. The third-order valence-electron chi connectivity index (χ3n) is 2.87. The molecule has 1 aromatic carbocycles. The van der Waals surface area contributed by atoms with Crippen molar-refractivity contribution in [2.24, 2.45) is 0 Å². The summed E-state index contributed by atoms with van der Waals surface area (Å²) in [5.74, 6) is 0.746. The Balaban J connectivity index is 3.02. The Hall–Kier alpha value is -1.42. The van der Waals surface area contributed by atoms with Crippen molar-refractivity contribution in [1.82, 2.24) is 0 Å². The molecule has 0 spiro atoms. The van der Waals surface area contributed by atoms with Gasteiger partial charge in [0.2, 0.25) is 0 Å². The molecule has 0 aliphatic carbocycles. The maximum Gasteiger partial charge on any atom is 0.144 e. The van der Waals surface area contributed by atoms with E-state index in [-0.39, 0.29) is 6.10 Å². The SMILES string of the molecule is COCCN(c1cccc(OC(C)C)c1N)C(C)C. The molecule has 0 aromatic heterocycles. The number of hydrogen-bond donors (Lipinski definition) is 1. The number of nitrogens with two attached hydrogens (primary N) is 1. The zero-order chi connectivity index (χ0) is 14.4. The number of nitrogen functional groups attached to an aromatic ring is 1. The zero-order valence-electron chi connectivity index (χ0n) is 12.6. The first-order chi connectivity index (χ1) is 8.97. The molecule has 0 heterocycles. The largest absolute Gasteiger partial charge is 0.489 e. The molecule has 1 rings (SSSR count). The summed E-state index contributed by atoms with van der Waals surface area (Å²) >= 11 is 0. The van der Waals surface area contributed by atoms with Crippen molar-refractivity contribution in [1.29, 1.82) is 0 Å². The molecule has 0 radical (unpaired) electrons. The van der Waals surface area contributed by atoms with Crippen molar-refractivity contribution >= 4 is 11.4 Å². The number of rotatable bonds is 7. The molecule has 4 nitrogen and oxygen atoms in total. The molecule has 0 amide bonds. The van der Waals surface area contributed by atoms with E-state index < -0.39 is 0 Å². The van der Waals surface area contributed by atoms with Crippen LogP contribution in [0.3, 0.4) is 0 Å². The van der Waals surface area contributed by atoms with E-state index >= 15 is 0 Å². The van der Waals surface area contributed by atoms with Crippen LogP contribution in [0.5, 0.6) is 5.75 Å². The fourth-order valence-corrected chi connectivity index (χ4v) is 1.99. The number of methoxy groups -OCH3 is 1. The lowest BCUT2D eigenvalue weighted by Gasteiger charge is -2.30. The first kappa shape index (κ1) is 15.6. The van der Waals surface area contributed by atoms with Gasteiger partial charge in [-0.15, -0.1) is 0 Å². The summed E-state index contributed by atoms with van der Waals surface area (Å²) in [5, 5.41) is 0. The average molecular weight is 266 g/mol. The van der Waals surface area contributed by atoms with Gasteiger partial charge < -0.3 is 20.1 Å². The second kappa shape index (κ2) is 7.24. The topological polar surface area (TPSA) is 47.7 Å². The molecule has 0 atom stereocenters. The highest BCUT2D eigenvalue weighted by Crippen LogP contribution is 2.33. The summed E-state index contributed by atoms with van der Waals surface area (Å²) in [4.78, 5) is 2.23. The Kier molecular flexibility index (Phi) is 5.96. The van der Waals surface area contributed by atoms with Gasteiger partial charge in [-0.3, -0.25) is 0 Å². The van der Waals surface area contributed by atoms with Gasteiger partial charge in [0.1, 0.15) is 5.75 Å². The Morgan fingerprint density at radius 1 is 1.21 bits per heavy atom. The minimum Gasteiger partial charge on any atom is -0.489 e. The number of ether oxygens (including phenoxy) is 2. The lowest BCUT2D eigenvalue weighted by atomic mass is 10.2. The van der Waals surface area contributed by atoms with E-state index in [1.54, 1.807) is 7.11 Å². The first-order valence-electron chi connectivity index (χ1n) is 6.78. The van der Waals surface area contributed by atoms with Crippen LogP contribution in [-0.4, -0.2) is 32.4 Å². The van der Waals surface area contributed by atoms with Gasteiger partial charge in [0.15, 0.2) is 0 Å². The second-order valence-electron chi connectivity index (χ2n) is 5.14. The van der Waals surface area contributed by atoms with Gasteiger partial charge in [-0.2, -0.15) is 0 Å². The van der Waals surface area contributed by atoms with Gasteiger partial charge in [-0.25, -0.2) is 0 Å². The van der Waals surface area contributed by atoms with Crippen molar-refractivity contribution in [2.75, 3.05) is 30.9 Å². The summed E-state index contributed by atoms with van der Waals surface area (Å²) in [6.07, 6.45) is 0.115. The zero-order valence-corrected chi connectivity index (χ0v) is 12.6. The average Bonchev–Trinajstić information content (AvgIpc) is 2.33. The summed E-state index contributed by atoms with van der Waals surface area (Å²) in [5.41, 5.74) is 7.93. The van der Waals surface area contributed by atoms with Gasteiger partial charge in [0.25, 0.3) is 0 Å². The van der Waals surface area contributed by atoms with Crippen molar-refractivity contribution in [2.45, 2.75) is 39.8 Å². The van der Waals surface area contributed by atoms with Crippen molar-refractivity contribution in [3.63, 3.8) is 0 Å². The number of nitrogens with zero attached hydrogens (tertiary/aromatic N) is 1. The van der Waals surface area contributed by atoms with Gasteiger partial charge in [-0.05, 0) is 39.8 Å². The minimum atomic E-state index is 0.115. The van der Waals surface area contributed by atoms with Crippen LogP contribution in [-0.2, 0) is 4.74 Å². The van der Waals surface area contributed by atoms with E-state index in [2.05, 4.69) is 18.7 Å². The Morgan fingerprint density at radius 3 is 2.42 bits per heavy atom. The maximum atomic E-state index is 6.23. The lowest BCUT2D eigenvalue weighted by Crippen LogP contribution is -2.34. The van der Waals surface area contributed by atoms with Crippen molar-refractivity contribution < 1.29 is 9.47 Å². The van der Waals surface area contributed by atoms with Crippen LogP contribution in [0.2, 0.25) is 0 Å². The molecule has 0 aliphatic rings. The highest BCUT2D eigenvalue weighted by molar-refractivity contribution is 5.74. The Morgan fingerprint density at radius 2 is 1.89 bits per heavy atom. The van der Waals surface area contributed by atoms with E-state index in [9.17, 15) is 0 Å². The standard InChI is InChI=1S/C15H26N2O2/c1-11(2)17(9-10-18-5)13-7-6-8-14(15(13)16)19-12(3)4/h6-8,11-12H,9-10,16H2,1-5H3. The summed E-state index contributed by atoms with van der Waals surface area (Å²) in [6, 6.07) is 6.27. The Labute approximate surface area is 116 Å². The molecule has 0 saturated heterocycles. The van der Waals surface area contributed by atoms with Crippen LogP contribution < -0.4 is 15.4 Å². The third-order valence-corrected chi connectivity index (χ3v) is 2.87. The molecule has 4 heteroatoms. The molecular formula is C15H26N2O2. The summed E-state index contributed by atoms with van der Waals surface area (Å²) in [6.45, 7) is 9.76. The van der Waals surface area contributed by atoms with E-state index in [1.165, 1.54) is 0 Å². The first-order valence-corrected chi connectivity index (χ1v) is 6.78. The van der Waals surface area contributed by atoms with Crippen LogP contribution in [0.25, 0.3) is 0 Å². The molecule has 2 N–H and O–H groups in total. The van der Waals surface area contributed by atoms with Crippen LogP contribution in [0.4, 0.5) is 11.4 Å².